The van der Waals surface area contributed by atoms with Crippen molar-refractivity contribution in [3.05, 3.63) is 127 Å². The summed E-state index contributed by atoms with van der Waals surface area (Å²) in [5, 5.41) is 1.06. The van der Waals surface area contributed by atoms with Gasteiger partial charge in [0.15, 0.2) is 0 Å². The van der Waals surface area contributed by atoms with Gasteiger partial charge in [0.2, 0.25) is 0 Å². The molecule has 3 nitrogen and oxygen atoms in total. The fourth-order valence-electron chi connectivity index (χ4n) is 5.97. The zero-order valence-electron chi connectivity index (χ0n) is 21.3. The van der Waals surface area contributed by atoms with Crippen LogP contribution in [-0.2, 0) is 36.5 Å². The fraction of sp³-hybridized carbons (Fsp3) is 0.281. The molecule has 0 radical (unpaired) electrons. The SMILES string of the molecule is C[C@H]1CC[C@]2(Cc3nc(Cl)cc(Cl)c3CO2)c2c1ccc(N(Cc1ccccc1)Cc1ccccc1)c2Br. The Labute approximate surface area is 242 Å². The molecule has 6 heteroatoms. The normalized spacial score (nSPS) is 20.2. The fourth-order valence-corrected chi connectivity index (χ4v) is 7.48. The highest BCUT2D eigenvalue weighted by Crippen LogP contribution is 2.53. The molecule has 0 N–H and O–H groups in total. The number of ether oxygens (including phenoxy) is 1. The molecule has 2 atom stereocenters. The number of anilines is 1. The maximum Gasteiger partial charge on any atom is 0.130 e. The van der Waals surface area contributed by atoms with Gasteiger partial charge in [-0.1, -0.05) is 96.9 Å². The van der Waals surface area contributed by atoms with Crippen LogP contribution in [0.25, 0.3) is 0 Å². The summed E-state index contributed by atoms with van der Waals surface area (Å²) in [5.41, 5.74) is 7.69. The van der Waals surface area contributed by atoms with Gasteiger partial charge >= 0.3 is 0 Å². The van der Waals surface area contributed by atoms with Crippen LogP contribution in [0.1, 0.15) is 59.2 Å². The summed E-state index contributed by atoms with van der Waals surface area (Å²) in [6, 6.07) is 27.6. The molecule has 1 aliphatic heterocycles. The van der Waals surface area contributed by atoms with Gasteiger partial charge < -0.3 is 9.64 Å². The van der Waals surface area contributed by atoms with Gasteiger partial charge in [-0.25, -0.2) is 4.98 Å². The number of aromatic nitrogens is 1. The van der Waals surface area contributed by atoms with Gasteiger partial charge in [0.25, 0.3) is 0 Å². The van der Waals surface area contributed by atoms with Gasteiger partial charge in [-0.05, 0) is 63.5 Å². The Hall–Kier alpha value is -2.37. The molecular weight excluding hydrogens is 579 g/mol. The third-order valence-electron chi connectivity index (χ3n) is 7.96. The van der Waals surface area contributed by atoms with Gasteiger partial charge in [0, 0.05) is 35.1 Å². The van der Waals surface area contributed by atoms with Crippen molar-refractivity contribution in [2.24, 2.45) is 0 Å². The van der Waals surface area contributed by atoms with Crippen LogP contribution in [0.2, 0.25) is 10.2 Å². The Kier molecular flexibility index (Phi) is 7.26. The lowest BCUT2D eigenvalue weighted by molar-refractivity contribution is -0.0875. The van der Waals surface area contributed by atoms with E-state index in [1.54, 1.807) is 6.07 Å². The van der Waals surface area contributed by atoms with Crippen molar-refractivity contribution in [2.45, 2.75) is 57.4 Å². The second-order valence-corrected chi connectivity index (χ2v) is 12.0. The van der Waals surface area contributed by atoms with Crippen molar-refractivity contribution >= 4 is 44.8 Å². The lowest BCUT2D eigenvalue weighted by atomic mass is 9.71. The Balaban J connectivity index is 1.46. The maximum atomic E-state index is 6.76. The minimum atomic E-state index is -0.476. The van der Waals surface area contributed by atoms with Crippen molar-refractivity contribution in [2.75, 3.05) is 4.90 Å². The highest BCUT2D eigenvalue weighted by Gasteiger charge is 2.45. The topological polar surface area (TPSA) is 25.4 Å². The van der Waals surface area contributed by atoms with Gasteiger partial charge in [-0.15, -0.1) is 0 Å². The van der Waals surface area contributed by atoms with E-state index >= 15 is 0 Å². The summed E-state index contributed by atoms with van der Waals surface area (Å²) in [5.74, 6) is 0.443. The van der Waals surface area contributed by atoms with E-state index in [2.05, 4.69) is 101 Å². The maximum absolute atomic E-state index is 6.76. The van der Waals surface area contributed by atoms with Gasteiger partial charge in [0.1, 0.15) is 10.8 Å². The van der Waals surface area contributed by atoms with Crippen LogP contribution in [0, 0.1) is 0 Å². The van der Waals surface area contributed by atoms with Gasteiger partial charge in [0.05, 0.1) is 23.0 Å². The highest BCUT2D eigenvalue weighted by atomic mass is 79.9. The molecule has 0 unspecified atom stereocenters. The first-order valence-corrected chi connectivity index (χ1v) is 14.6. The van der Waals surface area contributed by atoms with Crippen molar-refractivity contribution in [1.82, 2.24) is 4.98 Å². The largest absolute Gasteiger partial charge is 0.365 e. The van der Waals surface area contributed by atoms with E-state index in [4.69, 9.17) is 32.9 Å². The van der Waals surface area contributed by atoms with Crippen LogP contribution < -0.4 is 4.90 Å². The Morgan fingerprint density at radius 1 is 0.974 bits per heavy atom. The zero-order chi connectivity index (χ0) is 26.3. The first kappa shape index (κ1) is 25.9. The average molecular weight is 608 g/mol. The van der Waals surface area contributed by atoms with Crippen molar-refractivity contribution in [1.29, 1.82) is 0 Å². The van der Waals surface area contributed by atoms with Crippen molar-refractivity contribution in [3.63, 3.8) is 0 Å². The monoisotopic (exact) mass is 606 g/mol. The number of pyridine rings is 1. The molecule has 194 valence electrons. The molecule has 0 fully saturated rings. The molecular formula is C32H29BrCl2N2O. The summed E-state index contributed by atoms with van der Waals surface area (Å²) >= 11 is 17.0. The summed E-state index contributed by atoms with van der Waals surface area (Å²) in [7, 11) is 0. The summed E-state index contributed by atoms with van der Waals surface area (Å²) in [6.45, 7) is 4.34. The molecule has 1 aromatic heterocycles. The third kappa shape index (κ3) is 4.88. The van der Waals surface area contributed by atoms with Crippen LogP contribution >= 0.6 is 39.1 Å². The van der Waals surface area contributed by atoms with Crippen LogP contribution in [0.3, 0.4) is 0 Å². The van der Waals surface area contributed by atoms with Crippen LogP contribution in [-0.4, -0.2) is 4.98 Å². The quantitative estimate of drug-likeness (QED) is 0.211. The number of halogens is 3. The molecule has 0 saturated carbocycles. The lowest BCUT2D eigenvalue weighted by Crippen LogP contribution is -2.41. The van der Waals surface area contributed by atoms with E-state index in [1.165, 1.54) is 22.3 Å². The third-order valence-corrected chi connectivity index (χ3v) is 9.30. The van der Waals surface area contributed by atoms with E-state index < -0.39 is 5.60 Å². The minimum absolute atomic E-state index is 0.430. The summed E-state index contributed by atoms with van der Waals surface area (Å²) < 4.78 is 7.87. The van der Waals surface area contributed by atoms with E-state index in [9.17, 15) is 0 Å². The van der Waals surface area contributed by atoms with Crippen molar-refractivity contribution in [3.8, 4) is 0 Å². The average Bonchev–Trinajstić information content (AvgIpc) is 2.91. The second kappa shape index (κ2) is 10.7. The summed E-state index contributed by atoms with van der Waals surface area (Å²) in [4.78, 5) is 7.14. The minimum Gasteiger partial charge on any atom is -0.365 e. The molecule has 0 bridgehead atoms. The molecule has 3 aromatic carbocycles. The number of benzene rings is 3. The Morgan fingerprint density at radius 3 is 2.29 bits per heavy atom. The Morgan fingerprint density at radius 2 is 1.63 bits per heavy atom. The number of hydrogen-bond donors (Lipinski definition) is 0. The van der Waals surface area contributed by atoms with E-state index in [1.807, 2.05) is 0 Å². The molecule has 2 heterocycles. The number of hydrogen-bond acceptors (Lipinski definition) is 3. The van der Waals surface area contributed by atoms with Gasteiger partial charge in [-0.2, -0.15) is 0 Å². The second-order valence-electron chi connectivity index (χ2n) is 10.4. The number of rotatable bonds is 5. The first-order chi connectivity index (χ1) is 18.4. The zero-order valence-corrected chi connectivity index (χ0v) is 24.4. The smallest absolute Gasteiger partial charge is 0.130 e. The van der Waals surface area contributed by atoms with Crippen molar-refractivity contribution < 1.29 is 4.74 Å². The highest BCUT2D eigenvalue weighted by molar-refractivity contribution is 9.10. The molecule has 6 rings (SSSR count). The molecule has 2 aliphatic rings. The molecule has 1 spiro atoms. The standard InChI is InChI=1S/C32H29BrCl2N2O/c1-21-14-15-32(17-27-25(20-38-32)26(34)16-29(35)36-27)30-24(21)12-13-28(31(30)33)37(18-22-8-4-2-5-9-22)19-23-10-6-3-7-11-23/h2-13,16,21H,14-15,17-20H2,1H3/t21-,32-/m0/s1. The van der Waals surface area contributed by atoms with Gasteiger partial charge in [-0.3, -0.25) is 0 Å². The Bertz CT molecular complexity index is 1420. The van der Waals surface area contributed by atoms with Crippen LogP contribution in [0.5, 0.6) is 0 Å². The number of fused-ring (bicyclic) bond motifs is 3. The molecule has 4 aromatic rings. The van der Waals surface area contributed by atoms with Crippen LogP contribution in [0.4, 0.5) is 5.69 Å². The van der Waals surface area contributed by atoms with Crippen LogP contribution in [0.15, 0.2) is 83.3 Å². The number of nitrogens with zero attached hydrogens (tertiary/aromatic N) is 2. The van der Waals surface area contributed by atoms with E-state index in [0.29, 0.717) is 29.1 Å². The summed E-state index contributed by atoms with van der Waals surface area (Å²) in [6.07, 6.45) is 2.63. The molecule has 0 amide bonds. The van der Waals surface area contributed by atoms with E-state index in [-0.39, 0.29) is 0 Å². The molecule has 1 aliphatic carbocycles. The molecule has 38 heavy (non-hydrogen) atoms. The van der Waals surface area contributed by atoms with E-state index in [0.717, 1.165) is 47.3 Å². The predicted octanol–water partition coefficient (Wildman–Crippen LogP) is 9.22. The molecule has 0 saturated heterocycles. The first-order valence-electron chi connectivity index (χ1n) is 13.1. The predicted molar refractivity (Wildman–Crippen MR) is 159 cm³/mol. The lowest BCUT2D eigenvalue weighted by Gasteiger charge is -2.45.